The molecule has 0 atom stereocenters. The molecule has 0 radical (unpaired) electrons. The van der Waals surface area contributed by atoms with Gasteiger partial charge in [0.25, 0.3) is 0 Å². The molecule has 2 aromatic carbocycles. The summed E-state index contributed by atoms with van der Waals surface area (Å²) in [6.45, 7) is 5.77. The molecule has 0 saturated carbocycles. The Morgan fingerprint density at radius 2 is 2.05 bits per heavy atom. The molecule has 2 N–H and O–H groups in total. The third-order valence-corrected chi connectivity index (χ3v) is 3.19. The molecule has 0 aromatic heterocycles. The molecule has 0 bridgehead atoms. The van der Waals surface area contributed by atoms with Crippen LogP contribution >= 0.6 is 0 Å². The summed E-state index contributed by atoms with van der Waals surface area (Å²) in [5.74, 6) is 3.06. The standard InChI is InChI=1S/C19H18FNO/c1-3-10-21-13-15(2)17-7-5-9-19(12-17)22-14-16-6-4-8-18(20)11-16/h1,4-9,11-12,21H,2,10,13-14H2/p+1. The number of rotatable bonds is 7. The van der Waals surface area contributed by atoms with Crippen molar-refractivity contribution in [1.82, 2.24) is 0 Å². The molecule has 112 valence electrons. The smallest absolute Gasteiger partial charge is 0.137 e. The summed E-state index contributed by atoms with van der Waals surface area (Å²) < 4.78 is 18.8. The Kier molecular flexibility index (Phi) is 5.76. The van der Waals surface area contributed by atoms with Gasteiger partial charge in [-0.3, -0.25) is 0 Å². The van der Waals surface area contributed by atoms with E-state index >= 15 is 0 Å². The highest BCUT2D eigenvalue weighted by molar-refractivity contribution is 5.64. The number of hydrogen-bond acceptors (Lipinski definition) is 1. The second kappa shape index (κ2) is 8.02. The SMILES string of the molecule is C#CC[NH2+]CC(=C)c1cccc(OCc2cccc(F)c2)c1. The average Bonchev–Trinajstić information content (AvgIpc) is 2.53. The van der Waals surface area contributed by atoms with Crippen molar-refractivity contribution in [3.63, 3.8) is 0 Å². The minimum absolute atomic E-state index is 0.257. The van der Waals surface area contributed by atoms with Crippen LogP contribution in [0.2, 0.25) is 0 Å². The molecular formula is C19H19FNO+. The highest BCUT2D eigenvalue weighted by Gasteiger charge is 2.03. The van der Waals surface area contributed by atoms with Crippen LogP contribution in [0.3, 0.4) is 0 Å². The maximum atomic E-state index is 13.1. The van der Waals surface area contributed by atoms with Crippen molar-refractivity contribution >= 4 is 5.57 Å². The Hall–Kier alpha value is -2.57. The fourth-order valence-electron chi connectivity index (χ4n) is 2.05. The van der Waals surface area contributed by atoms with Crippen LogP contribution in [0, 0.1) is 18.2 Å². The van der Waals surface area contributed by atoms with Gasteiger partial charge in [0, 0.05) is 5.57 Å². The first kappa shape index (κ1) is 15.8. The number of terminal acetylenes is 1. The van der Waals surface area contributed by atoms with E-state index in [1.807, 2.05) is 35.6 Å². The number of benzene rings is 2. The van der Waals surface area contributed by atoms with Crippen molar-refractivity contribution in [1.29, 1.82) is 0 Å². The van der Waals surface area contributed by atoms with Crippen LogP contribution in [0.1, 0.15) is 11.1 Å². The monoisotopic (exact) mass is 296 g/mol. The third-order valence-electron chi connectivity index (χ3n) is 3.19. The second-order valence-corrected chi connectivity index (χ2v) is 4.95. The fraction of sp³-hybridized carbons (Fsp3) is 0.158. The Morgan fingerprint density at radius 3 is 2.82 bits per heavy atom. The van der Waals surface area contributed by atoms with E-state index in [2.05, 4.69) is 12.5 Å². The second-order valence-electron chi connectivity index (χ2n) is 4.95. The quantitative estimate of drug-likeness (QED) is 0.617. The Labute approximate surface area is 130 Å². The summed E-state index contributed by atoms with van der Waals surface area (Å²) in [6, 6.07) is 14.1. The summed E-state index contributed by atoms with van der Waals surface area (Å²) in [6.07, 6.45) is 5.23. The lowest BCUT2D eigenvalue weighted by molar-refractivity contribution is -0.632. The van der Waals surface area contributed by atoms with E-state index in [9.17, 15) is 4.39 Å². The molecule has 3 heteroatoms. The molecule has 0 saturated heterocycles. The zero-order valence-electron chi connectivity index (χ0n) is 12.4. The first-order valence-corrected chi connectivity index (χ1v) is 7.09. The van der Waals surface area contributed by atoms with Gasteiger partial charge in [-0.25, -0.2) is 4.39 Å². The van der Waals surface area contributed by atoms with E-state index in [0.717, 1.165) is 29.0 Å². The summed E-state index contributed by atoms with van der Waals surface area (Å²) in [5.41, 5.74) is 2.81. The largest absolute Gasteiger partial charge is 0.489 e. The van der Waals surface area contributed by atoms with Crippen LogP contribution in [0.25, 0.3) is 5.57 Å². The highest BCUT2D eigenvalue weighted by Crippen LogP contribution is 2.19. The Bertz CT molecular complexity index is 688. The van der Waals surface area contributed by atoms with Crippen molar-refractivity contribution < 1.29 is 14.4 Å². The van der Waals surface area contributed by atoms with E-state index in [4.69, 9.17) is 11.2 Å². The Morgan fingerprint density at radius 1 is 1.23 bits per heavy atom. The van der Waals surface area contributed by atoms with Crippen LogP contribution in [-0.4, -0.2) is 13.1 Å². The zero-order valence-corrected chi connectivity index (χ0v) is 12.4. The number of ether oxygens (including phenoxy) is 1. The van der Waals surface area contributed by atoms with E-state index in [1.165, 1.54) is 12.1 Å². The average molecular weight is 296 g/mol. The molecule has 2 rings (SSSR count). The first-order valence-electron chi connectivity index (χ1n) is 7.09. The van der Waals surface area contributed by atoms with Crippen molar-refractivity contribution in [2.75, 3.05) is 13.1 Å². The molecule has 0 fully saturated rings. The van der Waals surface area contributed by atoms with Gasteiger partial charge in [-0.1, -0.05) is 30.8 Å². The Balaban J connectivity index is 1.96. The van der Waals surface area contributed by atoms with Gasteiger partial charge in [-0.15, -0.1) is 6.42 Å². The zero-order chi connectivity index (χ0) is 15.8. The minimum atomic E-state index is -0.257. The van der Waals surface area contributed by atoms with E-state index in [-0.39, 0.29) is 5.82 Å². The summed E-state index contributed by atoms with van der Waals surface area (Å²) >= 11 is 0. The molecule has 2 aromatic rings. The van der Waals surface area contributed by atoms with Crippen LogP contribution in [0.5, 0.6) is 5.75 Å². The third kappa shape index (κ3) is 4.76. The lowest BCUT2D eigenvalue weighted by atomic mass is 10.1. The predicted molar refractivity (Wildman–Crippen MR) is 86.7 cm³/mol. The summed E-state index contributed by atoms with van der Waals surface area (Å²) in [4.78, 5) is 0. The molecule has 2 nitrogen and oxygen atoms in total. The van der Waals surface area contributed by atoms with Gasteiger partial charge >= 0.3 is 0 Å². The van der Waals surface area contributed by atoms with Gasteiger partial charge in [-0.05, 0) is 41.3 Å². The normalized spacial score (nSPS) is 10.0. The van der Waals surface area contributed by atoms with Crippen molar-refractivity contribution in [3.8, 4) is 18.1 Å². The molecule has 22 heavy (non-hydrogen) atoms. The van der Waals surface area contributed by atoms with E-state index < -0.39 is 0 Å². The predicted octanol–water partition coefficient (Wildman–Crippen LogP) is 2.61. The van der Waals surface area contributed by atoms with Gasteiger partial charge in [0.1, 0.15) is 31.3 Å². The van der Waals surface area contributed by atoms with Crippen molar-refractivity contribution in [3.05, 3.63) is 72.1 Å². The van der Waals surface area contributed by atoms with Crippen LogP contribution in [0.15, 0.2) is 55.1 Å². The lowest BCUT2D eigenvalue weighted by Crippen LogP contribution is -2.84. The maximum Gasteiger partial charge on any atom is 0.137 e. The number of quaternary nitrogens is 1. The summed E-state index contributed by atoms with van der Waals surface area (Å²) in [5, 5.41) is 2.02. The molecule has 0 amide bonds. The van der Waals surface area contributed by atoms with Gasteiger partial charge in [0.15, 0.2) is 0 Å². The van der Waals surface area contributed by atoms with Gasteiger partial charge in [0.2, 0.25) is 0 Å². The minimum Gasteiger partial charge on any atom is -0.489 e. The van der Waals surface area contributed by atoms with Gasteiger partial charge < -0.3 is 10.1 Å². The summed E-state index contributed by atoms with van der Waals surface area (Å²) in [7, 11) is 0. The molecular weight excluding hydrogens is 277 g/mol. The molecule has 0 spiro atoms. The topological polar surface area (TPSA) is 25.8 Å². The maximum absolute atomic E-state index is 13.1. The number of halogens is 1. The van der Waals surface area contributed by atoms with Crippen molar-refractivity contribution in [2.24, 2.45) is 0 Å². The van der Waals surface area contributed by atoms with Crippen LogP contribution in [0.4, 0.5) is 4.39 Å². The van der Waals surface area contributed by atoms with E-state index in [0.29, 0.717) is 13.2 Å². The highest BCUT2D eigenvalue weighted by atomic mass is 19.1. The van der Waals surface area contributed by atoms with Gasteiger partial charge in [-0.2, -0.15) is 0 Å². The fourth-order valence-corrected chi connectivity index (χ4v) is 2.05. The molecule has 0 aliphatic carbocycles. The van der Waals surface area contributed by atoms with Gasteiger partial charge in [0.05, 0.1) is 0 Å². The van der Waals surface area contributed by atoms with E-state index in [1.54, 1.807) is 6.07 Å². The lowest BCUT2D eigenvalue weighted by Gasteiger charge is -2.09. The van der Waals surface area contributed by atoms with Crippen LogP contribution in [-0.2, 0) is 6.61 Å². The molecule has 0 aliphatic rings. The molecule has 0 aliphatic heterocycles. The number of nitrogens with two attached hydrogens (primary N) is 1. The van der Waals surface area contributed by atoms with Crippen LogP contribution < -0.4 is 10.1 Å². The molecule has 0 heterocycles. The molecule has 0 unspecified atom stereocenters. The number of hydrogen-bond donors (Lipinski definition) is 1. The first-order chi connectivity index (χ1) is 10.7. The van der Waals surface area contributed by atoms with Crippen molar-refractivity contribution in [2.45, 2.75) is 6.61 Å².